The van der Waals surface area contributed by atoms with E-state index in [-0.39, 0.29) is 0 Å². The van der Waals surface area contributed by atoms with E-state index in [0.29, 0.717) is 10.8 Å². The van der Waals surface area contributed by atoms with Gasteiger partial charge in [0.05, 0.1) is 0 Å². The standard InChI is InChI=1S/C17H25N/c1-10-6-13-11(2)7-12-4-5-17(13,8-10)15-14(12)16(15,3)9-18/h4-5,10,12-15H,2,6-9,18H2,1,3H3. The van der Waals surface area contributed by atoms with Crippen LogP contribution in [0.1, 0.15) is 33.1 Å². The molecule has 18 heavy (non-hydrogen) atoms. The SMILES string of the molecule is C=C1CC2C=CC3(CC(C)CC13)C1C2C1(C)CN. The van der Waals surface area contributed by atoms with Crippen molar-refractivity contribution in [2.45, 2.75) is 33.1 Å². The van der Waals surface area contributed by atoms with Gasteiger partial charge in [0, 0.05) is 0 Å². The van der Waals surface area contributed by atoms with Gasteiger partial charge in [-0.2, -0.15) is 0 Å². The van der Waals surface area contributed by atoms with Crippen molar-refractivity contribution in [3.05, 3.63) is 24.3 Å². The monoisotopic (exact) mass is 243 g/mol. The van der Waals surface area contributed by atoms with E-state index in [2.05, 4.69) is 32.6 Å². The number of hydrogen-bond acceptors (Lipinski definition) is 1. The second-order valence-electron chi connectivity index (χ2n) is 7.81. The minimum atomic E-state index is 0.414. The highest BCUT2D eigenvalue weighted by Crippen LogP contribution is 2.78. The molecule has 2 bridgehead atoms. The molecule has 1 spiro atoms. The molecule has 5 aliphatic carbocycles. The molecule has 0 aromatic heterocycles. The van der Waals surface area contributed by atoms with E-state index < -0.39 is 0 Å². The van der Waals surface area contributed by atoms with Crippen molar-refractivity contribution in [1.82, 2.24) is 0 Å². The fourth-order valence-corrected chi connectivity index (χ4v) is 6.24. The lowest BCUT2D eigenvalue weighted by Gasteiger charge is -2.35. The Bertz CT molecular complexity index is 451. The quantitative estimate of drug-likeness (QED) is 0.702. The van der Waals surface area contributed by atoms with Crippen molar-refractivity contribution in [3.8, 4) is 0 Å². The van der Waals surface area contributed by atoms with Gasteiger partial charge < -0.3 is 5.73 Å². The van der Waals surface area contributed by atoms with Crippen LogP contribution in [-0.2, 0) is 0 Å². The Hall–Kier alpha value is -0.560. The fourth-order valence-electron chi connectivity index (χ4n) is 6.24. The largest absolute Gasteiger partial charge is 0.330 e. The Morgan fingerprint density at radius 1 is 1.50 bits per heavy atom. The Morgan fingerprint density at radius 3 is 3.00 bits per heavy atom. The number of fused-ring (bicyclic) bond motifs is 1. The van der Waals surface area contributed by atoms with E-state index in [9.17, 15) is 0 Å². The predicted octanol–water partition coefficient (Wildman–Crippen LogP) is 3.38. The molecular weight excluding hydrogens is 218 g/mol. The lowest BCUT2D eigenvalue weighted by molar-refractivity contribution is 0.222. The van der Waals surface area contributed by atoms with Gasteiger partial charge in [-0.05, 0) is 66.2 Å². The van der Waals surface area contributed by atoms with Crippen molar-refractivity contribution >= 4 is 0 Å². The van der Waals surface area contributed by atoms with Crippen LogP contribution in [0.2, 0.25) is 0 Å². The van der Waals surface area contributed by atoms with Crippen molar-refractivity contribution in [1.29, 1.82) is 0 Å². The van der Waals surface area contributed by atoms with E-state index in [1.807, 2.05) is 0 Å². The highest BCUT2D eigenvalue weighted by Gasteiger charge is 2.74. The minimum absolute atomic E-state index is 0.414. The Morgan fingerprint density at radius 2 is 2.28 bits per heavy atom. The first kappa shape index (κ1) is 11.3. The molecule has 0 saturated heterocycles. The Labute approximate surface area is 111 Å². The number of hydrogen-bond donors (Lipinski definition) is 1. The molecule has 2 N–H and O–H groups in total. The van der Waals surface area contributed by atoms with Gasteiger partial charge >= 0.3 is 0 Å². The number of nitrogens with two attached hydrogens (primary N) is 1. The van der Waals surface area contributed by atoms with Gasteiger partial charge in [0.15, 0.2) is 0 Å². The van der Waals surface area contributed by atoms with Crippen molar-refractivity contribution in [3.63, 3.8) is 0 Å². The van der Waals surface area contributed by atoms with Crippen LogP contribution >= 0.6 is 0 Å². The smallest absolute Gasteiger partial charge is 0.00131 e. The molecule has 1 heteroatoms. The summed E-state index contributed by atoms with van der Waals surface area (Å²) in [5.41, 5.74) is 8.52. The molecule has 0 heterocycles. The average molecular weight is 243 g/mol. The van der Waals surface area contributed by atoms with Gasteiger partial charge in [-0.15, -0.1) is 0 Å². The average Bonchev–Trinajstić information content (AvgIpc) is 2.91. The van der Waals surface area contributed by atoms with Crippen LogP contribution < -0.4 is 5.73 Å². The molecule has 0 aromatic carbocycles. The zero-order valence-electron chi connectivity index (χ0n) is 11.7. The van der Waals surface area contributed by atoms with Gasteiger partial charge in [-0.25, -0.2) is 0 Å². The summed E-state index contributed by atoms with van der Waals surface area (Å²) >= 11 is 0. The summed E-state index contributed by atoms with van der Waals surface area (Å²) in [7, 11) is 0. The van der Waals surface area contributed by atoms with E-state index in [4.69, 9.17) is 5.73 Å². The topological polar surface area (TPSA) is 26.0 Å². The first-order valence-corrected chi connectivity index (χ1v) is 7.60. The maximum atomic E-state index is 6.13. The maximum absolute atomic E-state index is 6.13. The first-order chi connectivity index (χ1) is 8.53. The normalized spacial score (nSPS) is 60.4. The van der Waals surface area contributed by atoms with Crippen LogP contribution in [0, 0.1) is 40.4 Å². The zero-order chi connectivity index (χ0) is 12.7. The molecule has 5 aliphatic rings. The first-order valence-electron chi connectivity index (χ1n) is 7.60. The molecule has 7 atom stereocenters. The second kappa shape index (κ2) is 3.12. The third kappa shape index (κ3) is 1.05. The molecular formula is C17H25N. The highest BCUT2D eigenvalue weighted by atomic mass is 14.8. The summed E-state index contributed by atoms with van der Waals surface area (Å²) in [6.07, 6.45) is 9.10. The molecule has 0 aromatic rings. The number of rotatable bonds is 1. The predicted molar refractivity (Wildman–Crippen MR) is 74.8 cm³/mol. The summed E-state index contributed by atoms with van der Waals surface area (Å²) in [4.78, 5) is 0. The van der Waals surface area contributed by atoms with Crippen LogP contribution in [-0.4, -0.2) is 6.54 Å². The third-order valence-electron chi connectivity index (χ3n) is 6.84. The lowest BCUT2D eigenvalue weighted by Crippen LogP contribution is -2.30. The molecule has 3 saturated carbocycles. The van der Waals surface area contributed by atoms with Gasteiger partial charge in [0.25, 0.3) is 0 Å². The van der Waals surface area contributed by atoms with Gasteiger partial charge in [0.1, 0.15) is 0 Å². The minimum Gasteiger partial charge on any atom is -0.330 e. The van der Waals surface area contributed by atoms with Crippen LogP contribution in [0.25, 0.3) is 0 Å². The lowest BCUT2D eigenvalue weighted by atomic mass is 9.69. The Kier molecular flexibility index (Phi) is 1.96. The summed E-state index contributed by atoms with van der Waals surface area (Å²) in [6, 6.07) is 0. The second-order valence-corrected chi connectivity index (χ2v) is 7.81. The van der Waals surface area contributed by atoms with Crippen LogP contribution in [0.4, 0.5) is 0 Å². The van der Waals surface area contributed by atoms with Gasteiger partial charge in [-0.3, -0.25) is 0 Å². The summed E-state index contributed by atoms with van der Waals surface area (Å²) in [6.45, 7) is 10.2. The maximum Gasteiger partial charge on any atom is -0.00131 e. The van der Waals surface area contributed by atoms with E-state index >= 15 is 0 Å². The van der Waals surface area contributed by atoms with E-state index in [0.717, 1.165) is 36.1 Å². The van der Waals surface area contributed by atoms with Crippen LogP contribution in [0.5, 0.6) is 0 Å². The van der Waals surface area contributed by atoms with Crippen LogP contribution in [0.3, 0.4) is 0 Å². The molecule has 0 radical (unpaired) electrons. The Balaban J connectivity index is 1.85. The zero-order valence-corrected chi connectivity index (χ0v) is 11.7. The van der Waals surface area contributed by atoms with E-state index in [1.165, 1.54) is 19.3 Å². The third-order valence-corrected chi connectivity index (χ3v) is 6.84. The molecule has 0 aliphatic heterocycles. The van der Waals surface area contributed by atoms with Gasteiger partial charge in [0.2, 0.25) is 0 Å². The summed E-state index contributed by atoms with van der Waals surface area (Å²) in [5, 5.41) is 0. The summed E-state index contributed by atoms with van der Waals surface area (Å²) in [5.74, 6) is 4.03. The molecule has 3 fully saturated rings. The van der Waals surface area contributed by atoms with Crippen molar-refractivity contribution < 1.29 is 0 Å². The van der Waals surface area contributed by atoms with Crippen molar-refractivity contribution in [2.75, 3.05) is 6.54 Å². The fraction of sp³-hybridized carbons (Fsp3) is 0.765. The molecule has 5 rings (SSSR count). The van der Waals surface area contributed by atoms with Crippen LogP contribution in [0.15, 0.2) is 24.3 Å². The molecule has 7 unspecified atom stereocenters. The molecule has 0 amide bonds. The number of allylic oxidation sites excluding steroid dienone is 3. The summed E-state index contributed by atoms with van der Waals surface area (Å²) < 4.78 is 0. The molecule has 1 nitrogen and oxygen atoms in total. The van der Waals surface area contributed by atoms with E-state index in [1.54, 1.807) is 5.57 Å². The molecule has 98 valence electrons. The highest BCUT2D eigenvalue weighted by molar-refractivity contribution is 5.37. The van der Waals surface area contributed by atoms with Crippen molar-refractivity contribution in [2.24, 2.45) is 46.2 Å². The van der Waals surface area contributed by atoms with Gasteiger partial charge in [-0.1, -0.05) is 38.2 Å².